The van der Waals surface area contributed by atoms with Crippen LogP contribution >= 0.6 is 0 Å². The first-order valence-electron chi connectivity index (χ1n) is 11.4. The van der Waals surface area contributed by atoms with Crippen LogP contribution in [0.1, 0.15) is 52.5 Å². The Balaban J connectivity index is 1.27. The van der Waals surface area contributed by atoms with E-state index in [0.717, 1.165) is 12.0 Å². The zero-order chi connectivity index (χ0) is 22.1. The van der Waals surface area contributed by atoms with Gasteiger partial charge in [0, 0.05) is 24.8 Å². The van der Waals surface area contributed by atoms with Gasteiger partial charge in [0.05, 0.1) is 14.2 Å². The molecule has 3 aromatic carbocycles. The van der Waals surface area contributed by atoms with E-state index >= 15 is 0 Å². The summed E-state index contributed by atoms with van der Waals surface area (Å²) in [6.07, 6.45) is 2.13. The highest BCUT2D eigenvalue weighted by Crippen LogP contribution is 2.55. The molecule has 0 saturated carbocycles. The van der Waals surface area contributed by atoms with Crippen LogP contribution in [0.15, 0.2) is 66.7 Å². The minimum Gasteiger partial charge on any atom is -0.493 e. The zero-order valence-corrected chi connectivity index (χ0v) is 18.6. The summed E-state index contributed by atoms with van der Waals surface area (Å²) in [7, 11) is 3.26. The predicted octanol–water partition coefficient (Wildman–Crippen LogP) is 5.05. The van der Waals surface area contributed by atoms with E-state index < -0.39 is 0 Å². The molecule has 0 spiro atoms. The van der Waals surface area contributed by atoms with E-state index in [1.54, 1.807) is 14.2 Å². The van der Waals surface area contributed by atoms with Crippen molar-refractivity contribution >= 4 is 5.91 Å². The molecule has 3 aromatic rings. The number of fused-ring (bicyclic) bond motifs is 1. The van der Waals surface area contributed by atoms with Crippen molar-refractivity contribution in [2.24, 2.45) is 5.92 Å². The number of hydrogen-bond donors (Lipinski definition) is 1. The van der Waals surface area contributed by atoms with Crippen LogP contribution < -0.4 is 14.8 Å². The molecule has 3 aliphatic rings. The molecule has 0 aliphatic heterocycles. The molecule has 1 N–H and O–H groups in total. The van der Waals surface area contributed by atoms with Crippen LogP contribution in [0.25, 0.3) is 0 Å². The number of benzene rings is 3. The third-order valence-electron chi connectivity index (χ3n) is 7.09. The maximum absolute atomic E-state index is 12.7. The van der Waals surface area contributed by atoms with Crippen LogP contribution in [0.5, 0.6) is 11.5 Å². The first kappa shape index (κ1) is 20.6. The van der Waals surface area contributed by atoms with Gasteiger partial charge >= 0.3 is 0 Å². The zero-order valence-electron chi connectivity index (χ0n) is 18.6. The lowest BCUT2D eigenvalue weighted by Crippen LogP contribution is -2.39. The Labute approximate surface area is 189 Å². The Bertz CT molecular complexity index is 1090. The van der Waals surface area contributed by atoms with Crippen LogP contribution in [0.4, 0.5) is 0 Å². The van der Waals surface area contributed by atoms with Gasteiger partial charge in [-0.25, -0.2) is 0 Å². The number of nitrogens with one attached hydrogen (secondary N) is 1. The molecule has 6 rings (SSSR count). The van der Waals surface area contributed by atoms with Crippen molar-refractivity contribution in [1.29, 1.82) is 0 Å². The molecule has 0 unspecified atom stereocenters. The van der Waals surface area contributed by atoms with Crippen molar-refractivity contribution < 1.29 is 14.3 Å². The summed E-state index contributed by atoms with van der Waals surface area (Å²) in [5.41, 5.74) is 6.78. The smallest absolute Gasteiger partial charge is 0.220 e. The van der Waals surface area contributed by atoms with E-state index in [9.17, 15) is 4.79 Å². The van der Waals surface area contributed by atoms with Crippen LogP contribution in [0, 0.1) is 5.92 Å². The van der Waals surface area contributed by atoms with Gasteiger partial charge in [0.1, 0.15) is 0 Å². The number of carbonyl (C=O) groups is 1. The van der Waals surface area contributed by atoms with Crippen LogP contribution in [0.3, 0.4) is 0 Å². The van der Waals surface area contributed by atoms with Gasteiger partial charge in [-0.3, -0.25) is 4.79 Å². The monoisotopic (exact) mass is 427 g/mol. The first-order chi connectivity index (χ1) is 15.7. The average molecular weight is 428 g/mol. The van der Waals surface area contributed by atoms with Crippen molar-refractivity contribution in [3.05, 3.63) is 94.5 Å². The largest absolute Gasteiger partial charge is 0.493 e. The van der Waals surface area contributed by atoms with Gasteiger partial charge < -0.3 is 14.8 Å². The maximum atomic E-state index is 12.7. The fraction of sp³-hybridized carbons (Fsp3) is 0.321. The lowest BCUT2D eigenvalue weighted by atomic mass is 9.59. The lowest BCUT2D eigenvalue weighted by molar-refractivity contribution is -0.121. The highest BCUT2D eigenvalue weighted by atomic mass is 16.5. The molecule has 3 aliphatic carbocycles. The predicted molar refractivity (Wildman–Crippen MR) is 126 cm³/mol. The van der Waals surface area contributed by atoms with Gasteiger partial charge in [-0.05, 0) is 52.6 Å². The molecule has 0 saturated heterocycles. The molecule has 0 aromatic heterocycles. The summed E-state index contributed by atoms with van der Waals surface area (Å²) in [4.78, 5) is 12.7. The second-order valence-corrected chi connectivity index (χ2v) is 8.74. The highest BCUT2D eigenvalue weighted by molar-refractivity contribution is 5.76. The van der Waals surface area contributed by atoms with Crippen molar-refractivity contribution in [3.8, 4) is 11.5 Å². The van der Waals surface area contributed by atoms with Crippen molar-refractivity contribution in [2.45, 2.75) is 31.1 Å². The Hall–Kier alpha value is -3.27. The number of amides is 1. The SMILES string of the molecule is COc1cccc(CCC(=O)NC[C@H]2CC3c4ccccc4C2c2ccccc23)c1OC. The highest BCUT2D eigenvalue weighted by Gasteiger charge is 2.42. The van der Waals surface area contributed by atoms with E-state index in [2.05, 4.69) is 53.8 Å². The molecule has 0 heterocycles. The molecule has 1 atom stereocenters. The van der Waals surface area contributed by atoms with Crippen molar-refractivity contribution in [3.63, 3.8) is 0 Å². The van der Waals surface area contributed by atoms with Crippen LogP contribution in [-0.2, 0) is 11.2 Å². The van der Waals surface area contributed by atoms with Gasteiger partial charge in [-0.15, -0.1) is 0 Å². The summed E-state index contributed by atoms with van der Waals surface area (Å²) in [5, 5.41) is 3.22. The van der Waals surface area contributed by atoms with Crippen molar-refractivity contribution in [1.82, 2.24) is 5.32 Å². The van der Waals surface area contributed by atoms with Crippen molar-refractivity contribution in [2.75, 3.05) is 20.8 Å². The quantitative estimate of drug-likeness (QED) is 0.574. The first-order valence-corrected chi connectivity index (χ1v) is 11.4. The van der Waals surface area contributed by atoms with E-state index in [-0.39, 0.29) is 5.91 Å². The van der Waals surface area contributed by atoms with Gasteiger partial charge in [-0.2, -0.15) is 0 Å². The molecule has 2 bridgehead atoms. The number of carbonyl (C=O) groups excluding carboxylic acids is 1. The van der Waals surface area contributed by atoms with Gasteiger partial charge in [0.2, 0.25) is 5.91 Å². The minimum absolute atomic E-state index is 0.0814. The van der Waals surface area contributed by atoms with E-state index in [1.165, 1.54) is 22.3 Å². The third kappa shape index (κ3) is 3.54. The molecule has 4 heteroatoms. The Morgan fingerprint density at radius 1 is 0.875 bits per heavy atom. The lowest BCUT2D eigenvalue weighted by Gasteiger charge is -2.45. The third-order valence-corrected chi connectivity index (χ3v) is 7.09. The summed E-state index contributed by atoms with van der Waals surface area (Å²) in [6.45, 7) is 0.706. The summed E-state index contributed by atoms with van der Waals surface area (Å²) >= 11 is 0. The second-order valence-electron chi connectivity index (χ2n) is 8.74. The van der Waals surface area contributed by atoms with E-state index in [1.807, 2.05) is 18.2 Å². The normalized spacial score (nSPS) is 20.2. The Kier molecular flexibility index (Phi) is 5.60. The van der Waals surface area contributed by atoms with Crippen LogP contribution in [0.2, 0.25) is 0 Å². The topological polar surface area (TPSA) is 47.6 Å². The number of aryl methyl sites for hydroxylation is 1. The van der Waals surface area contributed by atoms with Gasteiger partial charge in [0.25, 0.3) is 0 Å². The fourth-order valence-corrected chi connectivity index (χ4v) is 5.69. The number of rotatable bonds is 7. The molecule has 1 amide bonds. The van der Waals surface area contributed by atoms with E-state index in [0.29, 0.717) is 48.6 Å². The average Bonchev–Trinajstić information content (AvgIpc) is 2.86. The molecule has 0 fully saturated rings. The van der Waals surface area contributed by atoms with E-state index in [4.69, 9.17) is 9.47 Å². The number of para-hydroxylation sites is 1. The minimum atomic E-state index is 0.0814. The molecular formula is C28H29NO3. The molecule has 0 radical (unpaired) electrons. The van der Waals surface area contributed by atoms with Crippen LogP contribution in [-0.4, -0.2) is 26.7 Å². The number of ether oxygens (including phenoxy) is 2. The summed E-state index contributed by atoms with van der Waals surface area (Å²) in [5.74, 6) is 2.68. The summed E-state index contributed by atoms with van der Waals surface area (Å²) in [6, 6.07) is 23.5. The maximum Gasteiger partial charge on any atom is 0.220 e. The number of methoxy groups -OCH3 is 2. The molecule has 32 heavy (non-hydrogen) atoms. The number of hydrogen-bond acceptors (Lipinski definition) is 3. The summed E-state index contributed by atoms with van der Waals surface area (Å²) < 4.78 is 10.9. The second kappa shape index (κ2) is 8.70. The molecular weight excluding hydrogens is 398 g/mol. The standard InChI is InChI=1S/C28H29NO3/c1-31-25-13-7-8-18(28(25)32-2)14-15-26(30)29-17-19-16-24-20-9-3-5-11-22(20)27(19)23-12-6-4-10-21(23)24/h3-13,19,24,27H,14-17H2,1-2H3,(H,29,30)/t19-,24?,27?/m1/s1. The Morgan fingerprint density at radius 3 is 2.16 bits per heavy atom. The fourth-order valence-electron chi connectivity index (χ4n) is 5.69. The molecule has 164 valence electrons. The molecule has 4 nitrogen and oxygen atoms in total. The van der Waals surface area contributed by atoms with Gasteiger partial charge in [-0.1, -0.05) is 60.7 Å². The van der Waals surface area contributed by atoms with Gasteiger partial charge in [0.15, 0.2) is 11.5 Å². The Morgan fingerprint density at radius 2 is 1.53 bits per heavy atom.